The van der Waals surface area contributed by atoms with Gasteiger partial charge in [-0.3, -0.25) is 0 Å². The molecule has 3 rings (SSSR count). The SMILES string of the molecule is CC(NC(=O)N1CC2(CCCO2)C1)c1nccn1C. The summed E-state index contributed by atoms with van der Waals surface area (Å²) in [7, 11) is 1.93. The summed E-state index contributed by atoms with van der Waals surface area (Å²) in [6.07, 6.45) is 5.80. The molecule has 19 heavy (non-hydrogen) atoms. The standard InChI is InChI=1S/C13H20N4O2/c1-10(11-14-5-6-16(11)2)15-12(18)17-8-13(9-17)4-3-7-19-13/h5-6,10H,3-4,7-9H2,1-2H3,(H,15,18). The average Bonchev–Trinajstić information content (AvgIpc) is 2.94. The van der Waals surface area contributed by atoms with Crippen LogP contribution >= 0.6 is 0 Å². The van der Waals surface area contributed by atoms with Gasteiger partial charge in [0.1, 0.15) is 11.4 Å². The zero-order valence-corrected chi connectivity index (χ0v) is 11.4. The van der Waals surface area contributed by atoms with E-state index in [0.29, 0.717) is 13.1 Å². The minimum absolute atomic E-state index is 0.0309. The number of nitrogens with one attached hydrogen (secondary N) is 1. The number of amides is 2. The summed E-state index contributed by atoms with van der Waals surface area (Å²) in [6, 6.07) is -0.120. The third kappa shape index (κ3) is 2.20. The van der Waals surface area contributed by atoms with Gasteiger partial charge in [0.25, 0.3) is 0 Å². The molecule has 0 aromatic carbocycles. The van der Waals surface area contributed by atoms with Crippen LogP contribution < -0.4 is 5.32 Å². The fourth-order valence-electron chi connectivity index (χ4n) is 2.93. The summed E-state index contributed by atoms with van der Waals surface area (Å²) in [6.45, 7) is 4.21. The third-order valence-electron chi connectivity index (χ3n) is 4.02. The Kier molecular flexibility index (Phi) is 2.97. The minimum atomic E-state index is -0.0893. The predicted octanol–water partition coefficient (Wildman–Crippen LogP) is 1.06. The van der Waals surface area contributed by atoms with Crippen LogP contribution in [0.4, 0.5) is 4.79 Å². The van der Waals surface area contributed by atoms with Gasteiger partial charge in [-0.25, -0.2) is 9.78 Å². The van der Waals surface area contributed by atoms with Gasteiger partial charge in [-0.2, -0.15) is 0 Å². The van der Waals surface area contributed by atoms with E-state index in [2.05, 4.69) is 10.3 Å². The lowest BCUT2D eigenvalue weighted by atomic mass is 9.91. The number of aromatic nitrogens is 2. The maximum Gasteiger partial charge on any atom is 0.318 e. The number of urea groups is 1. The van der Waals surface area contributed by atoms with Crippen LogP contribution in [0.15, 0.2) is 12.4 Å². The molecule has 0 aliphatic carbocycles. The summed E-state index contributed by atoms with van der Waals surface area (Å²) < 4.78 is 7.63. The van der Waals surface area contributed by atoms with Crippen molar-refractivity contribution in [3.63, 3.8) is 0 Å². The Morgan fingerprint density at radius 2 is 2.37 bits per heavy atom. The van der Waals surface area contributed by atoms with Crippen LogP contribution in [0.2, 0.25) is 0 Å². The highest BCUT2D eigenvalue weighted by atomic mass is 16.5. The number of carbonyl (C=O) groups is 1. The molecule has 104 valence electrons. The molecule has 0 radical (unpaired) electrons. The Balaban J connectivity index is 1.54. The Morgan fingerprint density at radius 1 is 1.58 bits per heavy atom. The quantitative estimate of drug-likeness (QED) is 0.868. The average molecular weight is 264 g/mol. The van der Waals surface area contributed by atoms with E-state index in [9.17, 15) is 4.79 Å². The Hall–Kier alpha value is -1.56. The molecule has 2 aliphatic heterocycles. The Bertz CT molecular complexity index is 471. The van der Waals surface area contributed by atoms with Crippen molar-refractivity contribution in [1.29, 1.82) is 0 Å². The van der Waals surface area contributed by atoms with Crippen LogP contribution in [-0.4, -0.2) is 45.8 Å². The lowest BCUT2D eigenvalue weighted by Gasteiger charge is -2.47. The first-order valence-corrected chi connectivity index (χ1v) is 6.76. The zero-order chi connectivity index (χ0) is 13.5. The fourth-order valence-corrected chi connectivity index (χ4v) is 2.93. The molecule has 1 aromatic heterocycles. The third-order valence-corrected chi connectivity index (χ3v) is 4.02. The van der Waals surface area contributed by atoms with Crippen molar-refractivity contribution in [2.24, 2.45) is 7.05 Å². The van der Waals surface area contributed by atoms with Gasteiger partial charge in [-0.15, -0.1) is 0 Å². The summed E-state index contributed by atoms with van der Waals surface area (Å²) in [5, 5.41) is 2.98. The second kappa shape index (κ2) is 4.52. The van der Waals surface area contributed by atoms with E-state index in [-0.39, 0.29) is 17.7 Å². The molecular formula is C13H20N4O2. The lowest BCUT2D eigenvalue weighted by molar-refractivity contribution is -0.0915. The van der Waals surface area contributed by atoms with Crippen LogP contribution in [0.1, 0.15) is 31.6 Å². The van der Waals surface area contributed by atoms with Gasteiger partial charge in [0.05, 0.1) is 19.1 Å². The molecule has 2 saturated heterocycles. The topological polar surface area (TPSA) is 59.4 Å². The number of carbonyl (C=O) groups excluding carboxylic acids is 1. The molecule has 6 heteroatoms. The smallest absolute Gasteiger partial charge is 0.318 e. The molecule has 2 aliphatic rings. The van der Waals surface area contributed by atoms with Gasteiger partial charge in [0.2, 0.25) is 0 Å². The first-order valence-electron chi connectivity index (χ1n) is 6.76. The van der Waals surface area contributed by atoms with Crippen molar-refractivity contribution in [2.45, 2.75) is 31.4 Å². The maximum atomic E-state index is 12.1. The molecular weight excluding hydrogens is 244 g/mol. The van der Waals surface area contributed by atoms with E-state index >= 15 is 0 Å². The summed E-state index contributed by atoms with van der Waals surface area (Å²) >= 11 is 0. The van der Waals surface area contributed by atoms with E-state index < -0.39 is 0 Å². The largest absolute Gasteiger partial charge is 0.371 e. The number of imidazole rings is 1. The maximum absolute atomic E-state index is 12.1. The van der Waals surface area contributed by atoms with E-state index in [0.717, 1.165) is 25.3 Å². The minimum Gasteiger partial charge on any atom is -0.371 e. The normalized spacial score (nSPS) is 22.3. The van der Waals surface area contributed by atoms with Gasteiger partial charge < -0.3 is 19.5 Å². The molecule has 3 heterocycles. The number of rotatable bonds is 2. The number of aryl methyl sites for hydroxylation is 1. The first kappa shape index (κ1) is 12.5. The summed E-state index contributed by atoms with van der Waals surface area (Å²) in [5.41, 5.74) is -0.0379. The van der Waals surface area contributed by atoms with Crippen molar-refractivity contribution in [3.05, 3.63) is 18.2 Å². The van der Waals surface area contributed by atoms with Crippen molar-refractivity contribution >= 4 is 6.03 Å². The zero-order valence-electron chi connectivity index (χ0n) is 11.4. The van der Waals surface area contributed by atoms with Gasteiger partial charge in [-0.05, 0) is 19.8 Å². The Labute approximate surface area is 112 Å². The monoisotopic (exact) mass is 264 g/mol. The van der Waals surface area contributed by atoms with Crippen molar-refractivity contribution < 1.29 is 9.53 Å². The molecule has 1 unspecified atom stereocenters. The van der Waals surface area contributed by atoms with E-state index in [4.69, 9.17) is 4.74 Å². The highest BCUT2D eigenvalue weighted by Gasteiger charge is 2.48. The summed E-state index contributed by atoms with van der Waals surface area (Å²) in [5.74, 6) is 0.862. The number of nitrogens with zero attached hydrogens (tertiary/aromatic N) is 3. The Morgan fingerprint density at radius 3 is 2.95 bits per heavy atom. The molecule has 6 nitrogen and oxygen atoms in total. The number of ether oxygens (including phenoxy) is 1. The lowest BCUT2D eigenvalue weighted by Crippen LogP contribution is -2.65. The van der Waals surface area contributed by atoms with E-state index in [1.54, 1.807) is 6.20 Å². The highest BCUT2D eigenvalue weighted by Crippen LogP contribution is 2.34. The van der Waals surface area contributed by atoms with Gasteiger partial charge >= 0.3 is 6.03 Å². The first-order chi connectivity index (χ1) is 9.10. The van der Waals surface area contributed by atoms with Crippen molar-refractivity contribution in [1.82, 2.24) is 19.8 Å². The predicted molar refractivity (Wildman–Crippen MR) is 69.6 cm³/mol. The molecule has 0 bridgehead atoms. The molecule has 1 atom stereocenters. The van der Waals surface area contributed by atoms with Crippen LogP contribution in [0.5, 0.6) is 0 Å². The number of hydrogen-bond donors (Lipinski definition) is 1. The highest BCUT2D eigenvalue weighted by molar-refractivity contribution is 5.76. The molecule has 2 fully saturated rings. The van der Waals surface area contributed by atoms with Crippen LogP contribution in [-0.2, 0) is 11.8 Å². The summed E-state index contributed by atoms with van der Waals surface area (Å²) in [4.78, 5) is 18.2. The second-order valence-electron chi connectivity index (χ2n) is 5.56. The van der Waals surface area contributed by atoms with Gasteiger partial charge in [-0.1, -0.05) is 0 Å². The second-order valence-corrected chi connectivity index (χ2v) is 5.56. The molecule has 1 aromatic rings. The van der Waals surface area contributed by atoms with E-state index in [1.807, 2.05) is 29.6 Å². The van der Waals surface area contributed by atoms with Gasteiger partial charge in [0, 0.05) is 26.0 Å². The van der Waals surface area contributed by atoms with Crippen LogP contribution in [0.25, 0.3) is 0 Å². The molecule has 1 N–H and O–H groups in total. The number of likely N-dealkylation sites (tertiary alicyclic amines) is 1. The van der Waals surface area contributed by atoms with Crippen molar-refractivity contribution in [2.75, 3.05) is 19.7 Å². The molecule has 2 amide bonds. The van der Waals surface area contributed by atoms with Crippen LogP contribution in [0.3, 0.4) is 0 Å². The fraction of sp³-hybridized carbons (Fsp3) is 0.692. The number of hydrogen-bond acceptors (Lipinski definition) is 3. The van der Waals surface area contributed by atoms with Crippen molar-refractivity contribution in [3.8, 4) is 0 Å². The molecule has 1 spiro atoms. The van der Waals surface area contributed by atoms with E-state index in [1.165, 1.54) is 0 Å². The van der Waals surface area contributed by atoms with Gasteiger partial charge in [0.15, 0.2) is 0 Å². The van der Waals surface area contributed by atoms with Crippen LogP contribution in [0, 0.1) is 0 Å². The molecule has 0 saturated carbocycles.